The molecular formula is C14H26O5. The summed E-state index contributed by atoms with van der Waals surface area (Å²) in [5.41, 5.74) is 1.31. The molecule has 19 heavy (non-hydrogen) atoms. The van der Waals surface area contributed by atoms with Crippen LogP contribution in [0.4, 0.5) is 4.79 Å². The molecule has 5 nitrogen and oxygen atoms in total. The Labute approximate surface area is 115 Å². The highest BCUT2D eigenvalue weighted by molar-refractivity contribution is 5.59. The van der Waals surface area contributed by atoms with Gasteiger partial charge in [0.25, 0.3) is 0 Å². The average Bonchev–Trinajstić information content (AvgIpc) is 2.35. The molecule has 0 aliphatic heterocycles. The van der Waals surface area contributed by atoms with Crippen LogP contribution in [-0.2, 0) is 9.47 Å². The maximum Gasteiger partial charge on any atom is 0.508 e. The van der Waals surface area contributed by atoms with Crippen molar-refractivity contribution in [2.45, 2.75) is 46.1 Å². The molecule has 0 amide bonds. The Morgan fingerprint density at radius 1 is 1.26 bits per heavy atom. The van der Waals surface area contributed by atoms with Gasteiger partial charge in [-0.15, -0.1) is 0 Å². The number of aliphatic hydroxyl groups is 2. The zero-order chi connectivity index (χ0) is 14.7. The maximum absolute atomic E-state index is 11.1. The van der Waals surface area contributed by atoms with Crippen LogP contribution in [0.1, 0.15) is 40.0 Å². The summed E-state index contributed by atoms with van der Waals surface area (Å²) >= 11 is 0. The van der Waals surface area contributed by atoms with Gasteiger partial charge in [-0.1, -0.05) is 18.6 Å². The Balaban J connectivity index is 3.56. The van der Waals surface area contributed by atoms with Gasteiger partial charge in [0, 0.05) is 0 Å². The lowest BCUT2D eigenvalue weighted by Crippen LogP contribution is -2.22. The van der Waals surface area contributed by atoms with Crippen molar-refractivity contribution < 1.29 is 24.5 Å². The lowest BCUT2D eigenvalue weighted by Gasteiger charge is -2.11. The van der Waals surface area contributed by atoms with Crippen molar-refractivity contribution in [2.75, 3.05) is 19.8 Å². The second-order valence-corrected chi connectivity index (χ2v) is 5.00. The zero-order valence-electron chi connectivity index (χ0n) is 12.1. The van der Waals surface area contributed by atoms with Gasteiger partial charge in [-0.3, -0.25) is 0 Å². The Kier molecular flexibility index (Phi) is 10.2. The van der Waals surface area contributed by atoms with Crippen molar-refractivity contribution in [3.8, 4) is 0 Å². The fourth-order valence-corrected chi connectivity index (χ4v) is 1.40. The van der Waals surface area contributed by atoms with Crippen molar-refractivity contribution in [2.24, 2.45) is 5.92 Å². The van der Waals surface area contributed by atoms with Gasteiger partial charge in [0.15, 0.2) is 0 Å². The second-order valence-electron chi connectivity index (χ2n) is 5.00. The standard InChI is InChI=1S/C14H26O5/c1-11(2)5-4-6-12(3)7-8-18-14(17)19-10-13(16)9-15/h5,12-13,15-16H,4,6-10H2,1-3H3. The summed E-state index contributed by atoms with van der Waals surface area (Å²) < 4.78 is 9.47. The maximum atomic E-state index is 11.1. The number of carbonyl (C=O) groups is 1. The number of ether oxygens (including phenoxy) is 2. The fourth-order valence-electron chi connectivity index (χ4n) is 1.40. The van der Waals surface area contributed by atoms with E-state index in [4.69, 9.17) is 14.9 Å². The number of hydrogen-bond donors (Lipinski definition) is 2. The minimum atomic E-state index is -1.05. The average molecular weight is 274 g/mol. The number of aliphatic hydroxyl groups excluding tert-OH is 2. The Bertz CT molecular complexity index is 271. The number of carbonyl (C=O) groups excluding carboxylic acids is 1. The van der Waals surface area contributed by atoms with Gasteiger partial charge in [0.2, 0.25) is 0 Å². The molecule has 0 aromatic carbocycles. The molecule has 0 bridgehead atoms. The highest BCUT2D eigenvalue weighted by Crippen LogP contribution is 2.11. The number of hydrogen-bond acceptors (Lipinski definition) is 5. The zero-order valence-corrected chi connectivity index (χ0v) is 12.1. The van der Waals surface area contributed by atoms with E-state index in [1.807, 2.05) is 0 Å². The number of rotatable bonds is 9. The van der Waals surface area contributed by atoms with E-state index in [-0.39, 0.29) is 6.61 Å². The summed E-state index contributed by atoms with van der Waals surface area (Å²) in [4.78, 5) is 11.1. The smallest absolute Gasteiger partial charge is 0.434 e. The summed E-state index contributed by atoms with van der Waals surface area (Å²) in [5, 5.41) is 17.5. The van der Waals surface area contributed by atoms with Crippen molar-refractivity contribution >= 4 is 6.16 Å². The van der Waals surface area contributed by atoms with Gasteiger partial charge < -0.3 is 19.7 Å². The first kappa shape index (κ1) is 17.9. The summed E-state index contributed by atoms with van der Waals surface area (Å²) in [6, 6.07) is 0. The van der Waals surface area contributed by atoms with Gasteiger partial charge in [-0.2, -0.15) is 0 Å². The molecule has 0 aromatic heterocycles. The highest BCUT2D eigenvalue weighted by Gasteiger charge is 2.09. The van der Waals surface area contributed by atoms with Gasteiger partial charge in [-0.05, 0) is 39.0 Å². The van der Waals surface area contributed by atoms with Crippen molar-refractivity contribution in [1.29, 1.82) is 0 Å². The van der Waals surface area contributed by atoms with E-state index in [2.05, 4.69) is 31.6 Å². The third-order valence-corrected chi connectivity index (χ3v) is 2.65. The van der Waals surface area contributed by atoms with Crippen LogP contribution in [-0.4, -0.2) is 42.3 Å². The first-order valence-electron chi connectivity index (χ1n) is 6.67. The molecular weight excluding hydrogens is 248 g/mol. The minimum absolute atomic E-state index is 0.245. The third kappa shape index (κ3) is 11.7. The van der Waals surface area contributed by atoms with Crippen LogP contribution in [0.3, 0.4) is 0 Å². The largest absolute Gasteiger partial charge is 0.508 e. The normalized spacial score (nSPS) is 13.5. The van der Waals surface area contributed by atoms with Gasteiger partial charge in [0.1, 0.15) is 12.7 Å². The topological polar surface area (TPSA) is 76.0 Å². The molecule has 2 atom stereocenters. The van der Waals surface area contributed by atoms with Crippen LogP contribution in [0.5, 0.6) is 0 Å². The van der Waals surface area contributed by atoms with Crippen LogP contribution >= 0.6 is 0 Å². The van der Waals surface area contributed by atoms with Crippen LogP contribution in [0.25, 0.3) is 0 Å². The molecule has 2 N–H and O–H groups in total. The summed E-state index contributed by atoms with van der Waals surface area (Å²) in [6.07, 6.45) is 3.24. The van der Waals surface area contributed by atoms with E-state index in [1.165, 1.54) is 5.57 Å². The van der Waals surface area contributed by atoms with Crippen LogP contribution in [0.15, 0.2) is 11.6 Å². The lowest BCUT2D eigenvalue weighted by molar-refractivity contribution is -0.000466. The van der Waals surface area contributed by atoms with Crippen LogP contribution < -0.4 is 0 Å². The minimum Gasteiger partial charge on any atom is -0.434 e. The molecule has 0 heterocycles. The van der Waals surface area contributed by atoms with E-state index in [0.717, 1.165) is 19.3 Å². The molecule has 2 unspecified atom stereocenters. The molecule has 0 radical (unpaired) electrons. The van der Waals surface area contributed by atoms with Crippen LogP contribution in [0, 0.1) is 5.92 Å². The molecule has 5 heteroatoms. The van der Waals surface area contributed by atoms with E-state index in [1.54, 1.807) is 0 Å². The highest BCUT2D eigenvalue weighted by atomic mass is 16.7. The summed E-state index contributed by atoms with van der Waals surface area (Å²) in [6.45, 7) is 5.89. The third-order valence-electron chi connectivity index (χ3n) is 2.65. The van der Waals surface area contributed by atoms with Crippen LogP contribution in [0.2, 0.25) is 0 Å². The van der Waals surface area contributed by atoms with Gasteiger partial charge in [0.05, 0.1) is 13.2 Å². The predicted octanol–water partition coefficient (Wildman–Crippen LogP) is 2.27. The van der Waals surface area contributed by atoms with Gasteiger partial charge >= 0.3 is 6.16 Å². The quantitative estimate of drug-likeness (QED) is 0.498. The molecule has 0 fully saturated rings. The van der Waals surface area contributed by atoms with Crippen molar-refractivity contribution in [3.63, 3.8) is 0 Å². The Hall–Kier alpha value is -1.07. The first-order chi connectivity index (χ1) is 8.95. The molecule has 0 aliphatic carbocycles. The van der Waals surface area contributed by atoms with Crippen molar-refractivity contribution in [3.05, 3.63) is 11.6 Å². The number of allylic oxidation sites excluding steroid dienone is 2. The molecule has 0 spiro atoms. The second kappa shape index (κ2) is 10.8. The lowest BCUT2D eigenvalue weighted by atomic mass is 10.0. The molecule has 0 saturated carbocycles. The fraction of sp³-hybridized carbons (Fsp3) is 0.786. The predicted molar refractivity (Wildman–Crippen MR) is 72.8 cm³/mol. The van der Waals surface area contributed by atoms with Crippen molar-refractivity contribution in [1.82, 2.24) is 0 Å². The van der Waals surface area contributed by atoms with Gasteiger partial charge in [-0.25, -0.2) is 4.79 Å². The monoisotopic (exact) mass is 274 g/mol. The van der Waals surface area contributed by atoms with E-state index in [0.29, 0.717) is 12.5 Å². The summed E-state index contributed by atoms with van der Waals surface area (Å²) in [7, 11) is 0. The molecule has 0 saturated heterocycles. The van der Waals surface area contributed by atoms with E-state index in [9.17, 15) is 4.79 Å². The Morgan fingerprint density at radius 3 is 2.53 bits per heavy atom. The molecule has 0 aromatic rings. The van der Waals surface area contributed by atoms with E-state index >= 15 is 0 Å². The Morgan fingerprint density at radius 2 is 1.95 bits per heavy atom. The first-order valence-corrected chi connectivity index (χ1v) is 6.67. The molecule has 0 rings (SSSR count). The summed E-state index contributed by atoms with van der Waals surface area (Å²) in [5.74, 6) is 0.478. The molecule has 0 aliphatic rings. The molecule has 112 valence electrons. The van der Waals surface area contributed by atoms with E-state index < -0.39 is 18.9 Å². The SMILES string of the molecule is CC(C)=CCCC(C)CCOC(=O)OCC(O)CO.